The minimum Gasteiger partial charge on any atom is -0.491 e. The molecule has 1 aromatic carbocycles. The highest BCUT2D eigenvalue weighted by molar-refractivity contribution is 7.09. The molecule has 5 heteroatoms. The van der Waals surface area contributed by atoms with E-state index in [-0.39, 0.29) is 5.56 Å². The maximum absolute atomic E-state index is 10.8. The number of nitrogen functional groups attached to an aromatic ring is 1. The predicted octanol–water partition coefficient (Wildman–Crippen LogP) is 2.65. The van der Waals surface area contributed by atoms with Gasteiger partial charge in [0.15, 0.2) is 0 Å². The Hall–Kier alpha value is -2.01. The molecular formula is C13H13NO3S. The summed E-state index contributed by atoms with van der Waals surface area (Å²) in [6.07, 6.45) is 0.786. The van der Waals surface area contributed by atoms with Crippen LogP contribution in [0.2, 0.25) is 0 Å². The van der Waals surface area contributed by atoms with Crippen molar-refractivity contribution in [3.63, 3.8) is 0 Å². The number of ether oxygens (including phenoxy) is 1. The van der Waals surface area contributed by atoms with E-state index < -0.39 is 5.97 Å². The maximum atomic E-state index is 10.8. The lowest BCUT2D eigenvalue weighted by Crippen LogP contribution is -2.04. The summed E-state index contributed by atoms with van der Waals surface area (Å²) in [5.41, 5.74) is 6.36. The molecule has 0 saturated carbocycles. The summed E-state index contributed by atoms with van der Waals surface area (Å²) in [6.45, 7) is 0.480. The molecule has 0 unspecified atom stereocenters. The van der Waals surface area contributed by atoms with Gasteiger partial charge in [-0.15, -0.1) is 11.3 Å². The van der Waals surface area contributed by atoms with Gasteiger partial charge in [0, 0.05) is 11.3 Å². The zero-order valence-electron chi connectivity index (χ0n) is 9.63. The molecule has 0 atom stereocenters. The SMILES string of the molecule is Nc1ccc(C(=O)O)cc1OCCc1cccs1. The highest BCUT2D eigenvalue weighted by Gasteiger charge is 2.07. The van der Waals surface area contributed by atoms with Gasteiger partial charge in [0.2, 0.25) is 0 Å². The van der Waals surface area contributed by atoms with Crippen molar-refractivity contribution in [3.8, 4) is 5.75 Å². The molecule has 18 heavy (non-hydrogen) atoms. The van der Waals surface area contributed by atoms with Crippen LogP contribution >= 0.6 is 11.3 Å². The van der Waals surface area contributed by atoms with Crippen LogP contribution in [0.15, 0.2) is 35.7 Å². The van der Waals surface area contributed by atoms with Crippen molar-refractivity contribution in [1.82, 2.24) is 0 Å². The van der Waals surface area contributed by atoms with E-state index in [2.05, 4.69) is 0 Å². The van der Waals surface area contributed by atoms with Gasteiger partial charge in [-0.05, 0) is 29.6 Å². The summed E-state index contributed by atoms with van der Waals surface area (Å²) in [6, 6.07) is 8.48. The molecule has 94 valence electrons. The third kappa shape index (κ3) is 3.01. The molecule has 0 spiro atoms. The highest BCUT2D eigenvalue weighted by atomic mass is 32.1. The van der Waals surface area contributed by atoms with Gasteiger partial charge in [-0.2, -0.15) is 0 Å². The van der Waals surface area contributed by atoms with E-state index in [0.717, 1.165) is 6.42 Å². The largest absolute Gasteiger partial charge is 0.491 e. The second kappa shape index (κ2) is 5.55. The maximum Gasteiger partial charge on any atom is 0.335 e. The molecule has 4 nitrogen and oxygen atoms in total. The summed E-state index contributed by atoms with van der Waals surface area (Å²) in [4.78, 5) is 12.1. The topological polar surface area (TPSA) is 72.6 Å². The first-order valence-electron chi connectivity index (χ1n) is 5.45. The van der Waals surface area contributed by atoms with Crippen LogP contribution in [0.1, 0.15) is 15.2 Å². The molecule has 2 aromatic rings. The molecule has 0 aliphatic carbocycles. The van der Waals surface area contributed by atoms with Gasteiger partial charge < -0.3 is 15.6 Å². The number of hydrogen-bond acceptors (Lipinski definition) is 4. The van der Waals surface area contributed by atoms with Crippen LogP contribution in [-0.4, -0.2) is 17.7 Å². The Morgan fingerprint density at radius 3 is 2.89 bits per heavy atom. The highest BCUT2D eigenvalue weighted by Crippen LogP contribution is 2.23. The van der Waals surface area contributed by atoms with Gasteiger partial charge in [0.25, 0.3) is 0 Å². The van der Waals surface area contributed by atoms with E-state index in [9.17, 15) is 4.79 Å². The molecular weight excluding hydrogens is 250 g/mol. The quantitative estimate of drug-likeness (QED) is 0.813. The van der Waals surface area contributed by atoms with E-state index in [1.54, 1.807) is 17.4 Å². The zero-order chi connectivity index (χ0) is 13.0. The third-order valence-electron chi connectivity index (χ3n) is 2.45. The smallest absolute Gasteiger partial charge is 0.335 e. The Morgan fingerprint density at radius 2 is 2.22 bits per heavy atom. The fourth-order valence-electron chi connectivity index (χ4n) is 1.51. The van der Waals surface area contributed by atoms with Crippen molar-refractivity contribution in [2.75, 3.05) is 12.3 Å². The van der Waals surface area contributed by atoms with Gasteiger partial charge >= 0.3 is 5.97 Å². The Kier molecular flexibility index (Phi) is 3.84. The number of aromatic carboxylic acids is 1. The van der Waals surface area contributed by atoms with Crippen molar-refractivity contribution in [2.45, 2.75) is 6.42 Å². The van der Waals surface area contributed by atoms with E-state index in [4.69, 9.17) is 15.6 Å². The Morgan fingerprint density at radius 1 is 1.39 bits per heavy atom. The molecule has 0 aliphatic heterocycles. The number of anilines is 1. The molecule has 2 rings (SSSR count). The van der Waals surface area contributed by atoms with Crippen LogP contribution in [0.25, 0.3) is 0 Å². The number of carboxylic acid groups (broad SMARTS) is 1. The monoisotopic (exact) mass is 263 g/mol. The van der Waals surface area contributed by atoms with Gasteiger partial charge in [0.1, 0.15) is 5.75 Å². The zero-order valence-corrected chi connectivity index (χ0v) is 10.4. The van der Waals surface area contributed by atoms with Crippen molar-refractivity contribution in [2.24, 2.45) is 0 Å². The third-order valence-corrected chi connectivity index (χ3v) is 3.38. The lowest BCUT2D eigenvalue weighted by atomic mass is 10.2. The standard InChI is InChI=1S/C13H13NO3S/c14-11-4-3-9(13(15)16)8-12(11)17-6-5-10-2-1-7-18-10/h1-4,7-8H,5-6,14H2,(H,15,16). The van der Waals surface area contributed by atoms with Gasteiger partial charge in [-0.25, -0.2) is 4.79 Å². The Bertz CT molecular complexity index is 537. The van der Waals surface area contributed by atoms with Crippen LogP contribution in [-0.2, 0) is 6.42 Å². The first-order chi connectivity index (χ1) is 8.66. The molecule has 3 N–H and O–H groups in total. The van der Waals surface area contributed by atoms with Crippen molar-refractivity contribution < 1.29 is 14.6 Å². The van der Waals surface area contributed by atoms with Crippen LogP contribution in [0, 0.1) is 0 Å². The minimum atomic E-state index is -0.988. The normalized spacial score (nSPS) is 10.2. The number of rotatable bonds is 5. The molecule has 0 aliphatic rings. The lowest BCUT2D eigenvalue weighted by Gasteiger charge is -2.09. The van der Waals surface area contributed by atoms with Crippen LogP contribution < -0.4 is 10.5 Å². The molecule has 1 heterocycles. The van der Waals surface area contributed by atoms with Crippen molar-refractivity contribution in [1.29, 1.82) is 0 Å². The fourth-order valence-corrected chi connectivity index (χ4v) is 2.20. The predicted molar refractivity (Wildman–Crippen MR) is 71.3 cm³/mol. The summed E-state index contributed by atoms with van der Waals surface area (Å²) in [5, 5.41) is 10.9. The van der Waals surface area contributed by atoms with Crippen LogP contribution in [0.4, 0.5) is 5.69 Å². The molecule has 0 bridgehead atoms. The number of thiophene rings is 1. The lowest BCUT2D eigenvalue weighted by molar-refractivity contribution is 0.0696. The number of nitrogens with two attached hydrogens (primary N) is 1. The number of carbonyl (C=O) groups is 1. The molecule has 1 aromatic heterocycles. The van der Waals surface area contributed by atoms with Gasteiger partial charge in [-0.1, -0.05) is 6.07 Å². The molecule has 0 fully saturated rings. The number of hydrogen-bond donors (Lipinski definition) is 2. The summed E-state index contributed by atoms with van der Waals surface area (Å²) < 4.78 is 5.52. The first-order valence-corrected chi connectivity index (χ1v) is 6.33. The molecule has 0 saturated heterocycles. The van der Waals surface area contributed by atoms with Gasteiger partial charge in [-0.3, -0.25) is 0 Å². The Labute approximate surface area is 109 Å². The average Bonchev–Trinajstić information content (AvgIpc) is 2.84. The van der Waals surface area contributed by atoms with E-state index in [1.807, 2.05) is 17.5 Å². The van der Waals surface area contributed by atoms with E-state index >= 15 is 0 Å². The number of carboxylic acids is 1. The van der Waals surface area contributed by atoms with Gasteiger partial charge in [0.05, 0.1) is 17.9 Å². The summed E-state index contributed by atoms with van der Waals surface area (Å²) >= 11 is 1.66. The van der Waals surface area contributed by atoms with E-state index in [0.29, 0.717) is 18.0 Å². The average molecular weight is 263 g/mol. The Balaban J connectivity index is 2.00. The summed E-state index contributed by atoms with van der Waals surface area (Å²) in [7, 11) is 0. The minimum absolute atomic E-state index is 0.176. The molecule has 0 amide bonds. The second-order valence-electron chi connectivity index (χ2n) is 3.74. The van der Waals surface area contributed by atoms with Crippen molar-refractivity contribution >= 4 is 23.0 Å². The van der Waals surface area contributed by atoms with Crippen molar-refractivity contribution in [3.05, 3.63) is 46.2 Å². The molecule has 0 radical (unpaired) electrons. The van der Waals surface area contributed by atoms with E-state index in [1.165, 1.54) is 17.0 Å². The summed E-state index contributed by atoms with van der Waals surface area (Å²) in [5.74, 6) is -0.565. The first kappa shape index (κ1) is 12.4. The second-order valence-corrected chi connectivity index (χ2v) is 4.77. The van der Waals surface area contributed by atoms with Crippen LogP contribution in [0.3, 0.4) is 0 Å². The van der Waals surface area contributed by atoms with Crippen LogP contribution in [0.5, 0.6) is 5.75 Å². The number of benzene rings is 1. The fraction of sp³-hybridized carbons (Fsp3) is 0.154.